The molecule has 4 rings (SSSR count). The number of pyridine rings is 1. The number of carbonyl (C=O) groups is 4. The number of aromatic nitrogens is 1. The molecule has 0 radical (unpaired) electrons. The normalized spacial score (nSPS) is 23.4. The first-order chi connectivity index (χ1) is 19.3. The molecule has 1 unspecified atom stereocenters. The minimum atomic E-state index is -1.23. The molecule has 1 aromatic carbocycles. The van der Waals surface area contributed by atoms with E-state index in [1.807, 2.05) is 0 Å². The van der Waals surface area contributed by atoms with Crippen LogP contribution in [0.15, 0.2) is 36.9 Å². The van der Waals surface area contributed by atoms with Gasteiger partial charge in [0.15, 0.2) is 5.69 Å². The fraction of sp³-hybridized carbons (Fsp3) is 0.483. The van der Waals surface area contributed by atoms with Crippen LogP contribution in [-0.2, 0) is 23.8 Å². The van der Waals surface area contributed by atoms with E-state index >= 15 is 0 Å². The Bertz CT molecular complexity index is 1390. The summed E-state index contributed by atoms with van der Waals surface area (Å²) in [7, 11) is 4.01. The highest BCUT2D eigenvalue weighted by molar-refractivity contribution is 5.96. The van der Waals surface area contributed by atoms with Crippen molar-refractivity contribution in [3.63, 3.8) is 0 Å². The number of methoxy groups -OCH3 is 3. The standard InChI is InChI=1S/C29H35N3O9/c1-8-16-14-29(16,26(35)39-7)31-24(33)22-12-18(15-32(22)27(36)41-28(2,3)4)40-23-13-21(25(34)38-6)30-20-11-17(37-5)9-10-19(20)23/h8-11,13,16,18,22H,1,12,14-15H2,2-7H3,(H,31,33)/t16-,18+,22?,29+/m0/s1. The van der Waals surface area contributed by atoms with Crippen molar-refractivity contribution in [2.45, 2.75) is 56.9 Å². The zero-order valence-electron chi connectivity index (χ0n) is 24.0. The topological polar surface area (TPSA) is 143 Å². The fourth-order valence-corrected chi connectivity index (χ4v) is 4.93. The molecule has 2 aliphatic rings. The van der Waals surface area contributed by atoms with Crippen LogP contribution in [0.5, 0.6) is 11.5 Å². The lowest BCUT2D eigenvalue weighted by atomic mass is 10.1. The Hall–Kier alpha value is -4.35. The minimum Gasteiger partial charge on any atom is -0.497 e. The van der Waals surface area contributed by atoms with E-state index in [9.17, 15) is 19.2 Å². The Kier molecular flexibility index (Phi) is 8.14. The van der Waals surface area contributed by atoms with Crippen molar-refractivity contribution in [1.29, 1.82) is 0 Å². The van der Waals surface area contributed by atoms with Gasteiger partial charge >= 0.3 is 18.0 Å². The Morgan fingerprint density at radius 2 is 1.85 bits per heavy atom. The van der Waals surface area contributed by atoms with Gasteiger partial charge < -0.3 is 29.0 Å². The van der Waals surface area contributed by atoms with E-state index in [1.54, 1.807) is 45.0 Å². The lowest BCUT2D eigenvalue weighted by Gasteiger charge is -2.28. The van der Waals surface area contributed by atoms with E-state index in [4.69, 9.17) is 23.7 Å². The second kappa shape index (κ2) is 11.3. The van der Waals surface area contributed by atoms with Crippen molar-refractivity contribution >= 4 is 34.8 Å². The molecule has 1 saturated carbocycles. The third-order valence-electron chi connectivity index (χ3n) is 7.06. The zero-order chi connectivity index (χ0) is 30.1. The summed E-state index contributed by atoms with van der Waals surface area (Å²) in [5, 5.41) is 3.38. The largest absolute Gasteiger partial charge is 0.497 e. The van der Waals surface area contributed by atoms with Crippen molar-refractivity contribution in [3.05, 3.63) is 42.6 Å². The number of benzene rings is 1. The van der Waals surface area contributed by atoms with Crippen LogP contribution in [-0.4, -0.2) is 85.0 Å². The van der Waals surface area contributed by atoms with Crippen molar-refractivity contribution in [2.24, 2.45) is 5.92 Å². The second-order valence-corrected chi connectivity index (χ2v) is 11.0. The Labute approximate surface area is 237 Å². The van der Waals surface area contributed by atoms with Gasteiger partial charge in [0, 0.05) is 29.9 Å². The van der Waals surface area contributed by atoms with Crippen LogP contribution in [0.2, 0.25) is 0 Å². The van der Waals surface area contributed by atoms with E-state index in [2.05, 4.69) is 16.9 Å². The van der Waals surface area contributed by atoms with Gasteiger partial charge in [-0.15, -0.1) is 6.58 Å². The molecule has 12 nitrogen and oxygen atoms in total. The molecule has 2 fully saturated rings. The number of nitrogens with one attached hydrogen (secondary N) is 1. The van der Waals surface area contributed by atoms with Crippen LogP contribution in [0.4, 0.5) is 4.79 Å². The lowest BCUT2D eigenvalue weighted by molar-refractivity contribution is -0.147. The molecule has 0 bridgehead atoms. The van der Waals surface area contributed by atoms with Crippen molar-refractivity contribution < 1.29 is 42.9 Å². The predicted octanol–water partition coefficient (Wildman–Crippen LogP) is 3.02. The van der Waals surface area contributed by atoms with Crippen molar-refractivity contribution in [1.82, 2.24) is 15.2 Å². The Morgan fingerprint density at radius 1 is 1.12 bits per heavy atom. The summed E-state index contributed by atoms with van der Waals surface area (Å²) in [4.78, 5) is 57.3. The molecular formula is C29H35N3O9. The number of rotatable bonds is 8. The predicted molar refractivity (Wildman–Crippen MR) is 147 cm³/mol. The fourth-order valence-electron chi connectivity index (χ4n) is 4.93. The lowest BCUT2D eigenvalue weighted by Crippen LogP contribution is -2.53. The molecule has 1 N–H and O–H groups in total. The van der Waals surface area contributed by atoms with Crippen LogP contribution >= 0.6 is 0 Å². The van der Waals surface area contributed by atoms with Gasteiger partial charge in [-0.2, -0.15) is 0 Å². The van der Waals surface area contributed by atoms with Gasteiger partial charge in [-0.25, -0.2) is 19.4 Å². The van der Waals surface area contributed by atoms with Gasteiger partial charge in [0.05, 0.1) is 33.4 Å². The maximum absolute atomic E-state index is 13.6. The Morgan fingerprint density at radius 3 is 2.44 bits per heavy atom. The molecule has 4 atom stereocenters. The SMILES string of the molecule is C=C[C@H]1C[C@]1(NC(=O)C1C[C@@H](Oc2cc(C(=O)OC)nc3cc(OC)ccc23)CN1C(=O)OC(C)(C)C)C(=O)OC. The molecular weight excluding hydrogens is 534 g/mol. The molecule has 41 heavy (non-hydrogen) atoms. The summed E-state index contributed by atoms with van der Waals surface area (Å²) in [6.45, 7) is 8.91. The van der Waals surface area contributed by atoms with Gasteiger partial charge in [-0.3, -0.25) is 9.69 Å². The number of amides is 2. The molecule has 1 aromatic heterocycles. The number of likely N-dealkylation sites (tertiary alicyclic amines) is 1. The molecule has 2 aromatic rings. The number of ether oxygens (including phenoxy) is 5. The molecule has 0 spiro atoms. The van der Waals surface area contributed by atoms with Gasteiger partial charge in [0.2, 0.25) is 5.91 Å². The highest BCUT2D eigenvalue weighted by Gasteiger charge is 2.62. The third kappa shape index (κ3) is 6.06. The van der Waals surface area contributed by atoms with E-state index in [0.717, 1.165) is 0 Å². The molecule has 1 aliphatic heterocycles. The van der Waals surface area contributed by atoms with E-state index < -0.39 is 47.2 Å². The summed E-state index contributed by atoms with van der Waals surface area (Å²) >= 11 is 0. The molecule has 12 heteroatoms. The van der Waals surface area contributed by atoms with Gasteiger partial charge in [-0.05, 0) is 39.3 Å². The first-order valence-corrected chi connectivity index (χ1v) is 13.1. The van der Waals surface area contributed by atoms with Gasteiger partial charge in [0.25, 0.3) is 0 Å². The number of hydrogen-bond acceptors (Lipinski definition) is 10. The maximum Gasteiger partial charge on any atom is 0.411 e. The molecule has 2 amide bonds. The Balaban J connectivity index is 1.65. The second-order valence-electron chi connectivity index (χ2n) is 11.0. The van der Waals surface area contributed by atoms with E-state index in [-0.39, 0.29) is 24.6 Å². The number of carbonyl (C=O) groups excluding carboxylic acids is 4. The van der Waals surface area contributed by atoms with Gasteiger partial charge in [0.1, 0.15) is 34.8 Å². The van der Waals surface area contributed by atoms with Crippen LogP contribution in [0, 0.1) is 5.92 Å². The highest BCUT2D eigenvalue weighted by Crippen LogP contribution is 2.45. The molecule has 2 heterocycles. The number of nitrogens with zero attached hydrogens (tertiary/aromatic N) is 2. The van der Waals surface area contributed by atoms with Crippen LogP contribution < -0.4 is 14.8 Å². The van der Waals surface area contributed by atoms with Crippen molar-refractivity contribution in [2.75, 3.05) is 27.9 Å². The first-order valence-electron chi connectivity index (χ1n) is 13.1. The van der Waals surface area contributed by atoms with Crippen LogP contribution in [0.3, 0.4) is 0 Å². The number of esters is 2. The smallest absolute Gasteiger partial charge is 0.411 e. The average Bonchev–Trinajstić information content (AvgIpc) is 3.48. The summed E-state index contributed by atoms with van der Waals surface area (Å²) < 4.78 is 27.0. The zero-order valence-corrected chi connectivity index (χ0v) is 24.0. The summed E-state index contributed by atoms with van der Waals surface area (Å²) in [5.41, 5.74) is -1.60. The van der Waals surface area contributed by atoms with E-state index in [0.29, 0.717) is 28.8 Å². The average molecular weight is 570 g/mol. The molecule has 220 valence electrons. The number of hydrogen-bond donors (Lipinski definition) is 1. The van der Waals surface area contributed by atoms with Gasteiger partial charge in [-0.1, -0.05) is 6.08 Å². The highest BCUT2D eigenvalue weighted by atomic mass is 16.6. The van der Waals surface area contributed by atoms with E-state index in [1.165, 1.54) is 32.3 Å². The quantitative estimate of drug-likeness (QED) is 0.286. The van der Waals surface area contributed by atoms with Crippen LogP contribution in [0.25, 0.3) is 10.9 Å². The molecule has 1 aliphatic carbocycles. The third-order valence-corrected chi connectivity index (χ3v) is 7.06. The first kappa shape index (κ1) is 29.6. The monoisotopic (exact) mass is 569 g/mol. The number of fused-ring (bicyclic) bond motifs is 1. The van der Waals surface area contributed by atoms with Crippen molar-refractivity contribution in [3.8, 4) is 11.5 Å². The summed E-state index contributed by atoms with van der Waals surface area (Å²) in [5.74, 6) is -1.24. The molecule has 1 saturated heterocycles. The summed E-state index contributed by atoms with van der Waals surface area (Å²) in [6, 6.07) is 5.58. The minimum absolute atomic E-state index is 0.0106. The van der Waals surface area contributed by atoms with Crippen LogP contribution in [0.1, 0.15) is 44.1 Å². The maximum atomic E-state index is 13.6. The summed E-state index contributed by atoms with van der Waals surface area (Å²) in [6.07, 6.45) is 0.656.